The first kappa shape index (κ1) is 14.9. The van der Waals surface area contributed by atoms with E-state index in [9.17, 15) is 23.3 Å². The van der Waals surface area contributed by atoms with Crippen LogP contribution in [0, 0.1) is 10.1 Å². The van der Waals surface area contributed by atoms with Gasteiger partial charge in [-0.15, -0.1) is 0 Å². The highest BCUT2D eigenvalue weighted by Gasteiger charge is 2.38. The van der Waals surface area contributed by atoms with E-state index in [-0.39, 0.29) is 11.5 Å². The summed E-state index contributed by atoms with van der Waals surface area (Å²) < 4.78 is 37.5. The van der Waals surface area contributed by atoms with Crippen LogP contribution in [0.3, 0.4) is 0 Å². The average molecular weight is 302 g/mol. The van der Waals surface area contributed by atoms with E-state index in [2.05, 4.69) is 10.1 Å². The summed E-state index contributed by atoms with van der Waals surface area (Å²) in [5.74, 6) is 0.0353. The molecule has 1 heterocycles. The fourth-order valence-corrected chi connectivity index (χ4v) is 1.55. The number of hydrogen-bond acceptors (Lipinski definition) is 5. The minimum atomic E-state index is -4.75. The van der Waals surface area contributed by atoms with E-state index >= 15 is 0 Å². The molecular formula is C11H9F3N4O3. The molecule has 10 heteroatoms. The standard InChI is InChI=1S/C11H9F3N4O3/c12-11(13,14)9(19)5-17-6-15-10(16-17)7-2-1-3-8(4-7)18(20)21/h1-4,6,9,19H,5H2. The van der Waals surface area contributed by atoms with Gasteiger partial charge in [0.05, 0.1) is 11.5 Å². The molecule has 0 fully saturated rings. The van der Waals surface area contributed by atoms with Crippen LogP contribution in [-0.4, -0.2) is 37.1 Å². The van der Waals surface area contributed by atoms with Crippen molar-refractivity contribution in [3.63, 3.8) is 0 Å². The number of nitro benzene ring substituents is 1. The van der Waals surface area contributed by atoms with E-state index < -0.39 is 23.7 Å². The normalized spacial score (nSPS) is 13.1. The molecule has 0 saturated heterocycles. The third-order valence-electron chi connectivity index (χ3n) is 2.59. The molecule has 2 rings (SSSR count). The molecule has 0 aliphatic carbocycles. The van der Waals surface area contributed by atoms with Gasteiger partial charge in [-0.1, -0.05) is 12.1 Å². The predicted molar refractivity (Wildman–Crippen MR) is 64.2 cm³/mol. The van der Waals surface area contributed by atoms with Crippen LogP contribution >= 0.6 is 0 Å². The zero-order valence-corrected chi connectivity index (χ0v) is 10.4. The molecule has 112 valence electrons. The van der Waals surface area contributed by atoms with Crippen molar-refractivity contribution in [2.45, 2.75) is 18.8 Å². The Labute approximate surface area is 115 Å². The number of aliphatic hydroxyl groups excluding tert-OH is 1. The van der Waals surface area contributed by atoms with Crippen molar-refractivity contribution >= 4 is 5.69 Å². The van der Waals surface area contributed by atoms with Crippen molar-refractivity contribution in [1.82, 2.24) is 14.8 Å². The Morgan fingerprint density at radius 1 is 1.43 bits per heavy atom. The molecule has 0 aliphatic rings. The van der Waals surface area contributed by atoms with Crippen LogP contribution in [0.2, 0.25) is 0 Å². The van der Waals surface area contributed by atoms with Gasteiger partial charge in [0.2, 0.25) is 0 Å². The molecule has 1 aromatic carbocycles. The number of non-ortho nitro benzene ring substituents is 1. The molecule has 0 saturated carbocycles. The number of nitrogens with zero attached hydrogens (tertiary/aromatic N) is 4. The zero-order valence-electron chi connectivity index (χ0n) is 10.4. The highest BCUT2D eigenvalue weighted by molar-refractivity contribution is 5.58. The van der Waals surface area contributed by atoms with Gasteiger partial charge in [0, 0.05) is 17.7 Å². The first-order valence-electron chi connectivity index (χ1n) is 5.66. The third-order valence-corrected chi connectivity index (χ3v) is 2.59. The van der Waals surface area contributed by atoms with E-state index in [1.54, 1.807) is 0 Å². The molecule has 0 amide bonds. The molecule has 1 N–H and O–H groups in total. The highest BCUT2D eigenvalue weighted by Crippen LogP contribution is 2.23. The summed E-state index contributed by atoms with van der Waals surface area (Å²) in [6.07, 6.45) is -6.29. The molecule has 0 aliphatic heterocycles. The van der Waals surface area contributed by atoms with Crippen molar-refractivity contribution in [2.75, 3.05) is 0 Å². The monoisotopic (exact) mass is 302 g/mol. The smallest absolute Gasteiger partial charge is 0.382 e. The molecule has 21 heavy (non-hydrogen) atoms. The fraction of sp³-hybridized carbons (Fsp3) is 0.273. The SMILES string of the molecule is O=[N+]([O-])c1cccc(-c2ncn(CC(O)C(F)(F)F)n2)c1. The van der Waals surface area contributed by atoms with Crippen LogP contribution in [0.25, 0.3) is 11.4 Å². The van der Waals surface area contributed by atoms with Crippen LogP contribution in [-0.2, 0) is 6.54 Å². The van der Waals surface area contributed by atoms with E-state index in [4.69, 9.17) is 5.11 Å². The van der Waals surface area contributed by atoms with Gasteiger partial charge in [-0.2, -0.15) is 18.3 Å². The first-order chi connectivity index (χ1) is 9.77. The maximum absolute atomic E-state index is 12.2. The van der Waals surface area contributed by atoms with Gasteiger partial charge in [-0.3, -0.25) is 10.1 Å². The lowest BCUT2D eigenvalue weighted by Gasteiger charge is -2.13. The van der Waals surface area contributed by atoms with Crippen LogP contribution in [0.15, 0.2) is 30.6 Å². The van der Waals surface area contributed by atoms with Crippen LogP contribution in [0.5, 0.6) is 0 Å². The summed E-state index contributed by atoms with van der Waals surface area (Å²) in [7, 11) is 0. The van der Waals surface area contributed by atoms with E-state index in [0.29, 0.717) is 5.56 Å². The lowest BCUT2D eigenvalue weighted by Crippen LogP contribution is -2.32. The van der Waals surface area contributed by atoms with Gasteiger partial charge < -0.3 is 5.11 Å². The molecule has 7 nitrogen and oxygen atoms in total. The number of aliphatic hydroxyl groups is 1. The summed E-state index contributed by atoms with van der Waals surface area (Å²) >= 11 is 0. The number of rotatable bonds is 4. The molecule has 2 aromatic rings. The summed E-state index contributed by atoms with van der Waals surface area (Å²) in [5.41, 5.74) is 0.114. The maximum Gasteiger partial charge on any atom is 0.416 e. The van der Waals surface area contributed by atoms with E-state index in [1.807, 2.05) is 0 Å². The number of hydrogen-bond donors (Lipinski definition) is 1. The number of aromatic nitrogens is 3. The fourth-order valence-electron chi connectivity index (χ4n) is 1.55. The minimum absolute atomic E-state index is 0.0353. The Morgan fingerprint density at radius 2 is 2.14 bits per heavy atom. The quantitative estimate of drug-likeness (QED) is 0.686. The van der Waals surface area contributed by atoms with Gasteiger partial charge in [0.25, 0.3) is 5.69 Å². The number of alkyl halides is 3. The molecular weight excluding hydrogens is 293 g/mol. The van der Waals surface area contributed by atoms with Gasteiger partial charge in [-0.25, -0.2) is 9.67 Å². The molecule has 0 bridgehead atoms. The summed E-state index contributed by atoms with van der Waals surface area (Å²) in [6, 6.07) is 5.39. The van der Waals surface area contributed by atoms with Crippen molar-refractivity contribution in [3.8, 4) is 11.4 Å². The lowest BCUT2D eigenvalue weighted by atomic mass is 10.2. The zero-order chi connectivity index (χ0) is 15.6. The number of halogens is 3. The molecule has 1 atom stereocenters. The Kier molecular flexibility index (Phi) is 3.89. The van der Waals surface area contributed by atoms with Gasteiger partial charge in [0.15, 0.2) is 11.9 Å². The van der Waals surface area contributed by atoms with E-state index in [1.165, 1.54) is 24.3 Å². The van der Waals surface area contributed by atoms with Crippen LogP contribution < -0.4 is 0 Å². The van der Waals surface area contributed by atoms with Crippen molar-refractivity contribution in [2.24, 2.45) is 0 Å². The summed E-state index contributed by atoms with van der Waals surface area (Å²) in [4.78, 5) is 13.8. The molecule has 1 unspecified atom stereocenters. The highest BCUT2D eigenvalue weighted by atomic mass is 19.4. The number of benzene rings is 1. The Bertz CT molecular complexity index is 656. The lowest BCUT2D eigenvalue weighted by molar-refractivity contribution is -0.384. The second-order valence-corrected chi connectivity index (χ2v) is 4.16. The van der Waals surface area contributed by atoms with Gasteiger partial charge in [-0.05, 0) is 0 Å². The largest absolute Gasteiger partial charge is 0.416 e. The number of nitro groups is 1. The van der Waals surface area contributed by atoms with Crippen molar-refractivity contribution < 1.29 is 23.2 Å². The Morgan fingerprint density at radius 3 is 2.76 bits per heavy atom. The van der Waals surface area contributed by atoms with Gasteiger partial charge >= 0.3 is 6.18 Å². The summed E-state index contributed by atoms with van der Waals surface area (Å²) in [5, 5.41) is 23.3. The van der Waals surface area contributed by atoms with Crippen molar-refractivity contribution in [3.05, 3.63) is 40.7 Å². The van der Waals surface area contributed by atoms with Crippen molar-refractivity contribution in [1.29, 1.82) is 0 Å². The molecule has 0 radical (unpaired) electrons. The molecule has 0 spiro atoms. The second-order valence-electron chi connectivity index (χ2n) is 4.16. The van der Waals surface area contributed by atoms with E-state index in [0.717, 1.165) is 11.0 Å². The Hall–Kier alpha value is -2.49. The first-order valence-corrected chi connectivity index (χ1v) is 5.66. The predicted octanol–water partition coefficient (Wildman–Crippen LogP) is 1.78. The van der Waals surface area contributed by atoms with Crippen LogP contribution in [0.1, 0.15) is 0 Å². The summed E-state index contributed by atoms with van der Waals surface area (Å²) in [6.45, 7) is -0.800. The van der Waals surface area contributed by atoms with Crippen LogP contribution in [0.4, 0.5) is 18.9 Å². The topological polar surface area (TPSA) is 94.1 Å². The Balaban J connectivity index is 2.20. The minimum Gasteiger partial charge on any atom is -0.382 e. The second kappa shape index (κ2) is 5.48. The maximum atomic E-state index is 12.2. The third kappa shape index (κ3) is 3.54. The van der Waals surface area contributed by atoms with Gasteiger partial charge in [0.1, 0.15) is 6.33 Å². The molecule has 1 aromatic heterocycles. The average Bonchev–Trinajstić information content (AvgIpc) is 2.86.